The van der Waals surface area contributed by atoms with Crippen molar-refractivity contribution in [2.75, 3.05) is 0 Å². The molecule has 1 aliphatic heterocycles. The minimum Gasteiger partial charge on any atom is -0.481 e. The molecule has 0 aromatic heterocycles. The van der Waals surface area contributed by atoms with Crippen molar-refractivity contribution >= 4 is 17.7 Å². The normalized spacial score (nSPS) is 26.5. The predicted molar refractivity (Wildman–Crippen MR) is 51.2 cm³/mol. The number of carbonyl (C=O) groups excluding carboxylic acids is 1. The summed E-state index contributed by atoms with van der Waals surface area (Å²) in [5.74, 6) is -1.50. The highest BCUT2D eigenvalue weighted by Crippen LogP contribution is 2.35. The lowest BCUT2D eigenvalue weighted by Gasteiger charge is -2.14. The molecular weight excluding hydrogens is 198 g/mol. The molecule has 0 spiro atoms. The number of rotatable bonds is 3. The van der Waals surface area contributed by atoms with E-state index in [2.05, 4.69) is 9.99 Å². The second kappa shape index (κ2) is 4.00. The highest BCUT2D eigenvalue weighted by atomic mass is 16.7. The van der Waals surface area contributed by atoms with Crippen LogP contribution in [0.1, 0.15) is 32.1 Å². The van der Waals surface area contributed by atoms with E-state index in [0.29, 0.717) is 5.71 Å². The average Bonchev–Trinajstić information content (AvgIpc) is 2.74. The molecule has 5 nitrogen and oxygen atoms in total. The Morgan fingerprint density at radius 2 is 2.13 bits per heavy atom. The SMILES string of the molecule is O=C(O)CC1=NOC(=O)C1C1CCCC1. The fourth-order valence-electron chi connectivity index (χ4n) is 2.41. The van der Waals surface area contributed by atoms with Crippen molar-refractivity contribution < 1.29 is 19.5 Å². The van der Waals surface area contributed by atoms with Gasteiger partial charge in [-0.2, -0.15) is 0 Å². The van der Waals surface area contributed by atoms with Gasteiger partial charge < -0.3 is 9.94 Å². The van der Waals surface area contributed by atoms with Crippen molar-refractivity contribution in [1.82, 2.24) is 0 Å². The van der Waals surface area contributed by atoms with Gasteiger partial charge in [0.25, 0.3) is 0 Å². The zero-order chi connectivity index (χ0) is 10.8. The maximum Gasteiger partial charge on any atom is 0.344 e. The molecular formula is C10H13NO4. The van der Waals surface area contributed by atoms with Crippen LogP contribution in [0.5, 0.6) is 0 Å². The van der Waals surface area contributed by atoms with Crippen LogP contribution in [-0.4, -0.2) is 22.8 Å². The number of carboxylic acid groups (broad SMARTS) is 1. The smallest absolute Gasteiger partial charge is 0.344 e. The Labute approximate surface area is 87.1 Å². The van der Waals surface area contributed by atoms with Crippen LogP contribution in [0.25, 0.3) is 0 Å². The molecule has 1 N–H and O–H groups in total. The van der Waals surface area contributed by atoms with Crippen LogP contribution < -0.4 is 0 Å². The van der Waals surface area contributed by atoms with Crippen molar-refractivity contribution in [3.63, 3.8) is 0 Å². The van der Waals surface area contributed by atoms with Gasteiger partial charge in [0.15, 0.2) is 0 Å². The lowest BCUT2D eigenvalue weighted by atomic mass is 9.86. The minimum atomic E-state index is -0.963. The lowest BCUT2D eigenvalue weighted by molar-refractivity contribution is -0.144. The average molecular weight is 211 g/mol. The number of oxime groups is 1. The predicted octanol–water partition coefficient (Wildman–Crippen LogP) is 1.18. The fraction of sp³-hybridized carbons (Fsp3) is 0.700. The highest BCUT2D eigenvalue weighted by molar-refractivity contribution is 6.11. The highest BCUT2D eigenvalue weighted by Gasteiger charge is 2.40. The molecule has 1 fully saturated rings. The molecule has 1 atom stereocenters. The largest absolute Gasteiger partial charge is 0.481 e. The number of nitrogens with zero attached hydrogens (tertiary/aromatic N) is 1. The number of hydrogen-bond acceptors (Lipinski definition) is 4. The van der Waals surface area contributed by atoms with Crippen molar-refractivity contribution in [2.45, 2.75) is 32.1 Å². The van der Waals surface area contributed by atoms with Crippen LogP contribution in [0.15, 0.2) is 5.16 Å². The first-order valence-electron chi connectivity index (χ1n) is 5.18. The zero-order valence-corrected chi connectivity index (χ0v) is 8.31. The van der Waals surface area contributed by atoms with E-state index in [1.54, 1.807) is 0 Å². The second-order valence-corrected chi connectivity index (χ2v) is 4.09. The van der Waals surface area contributed by atoms with Gasteiger partial charge in [0.05, 0.1) is 12.1 Å². The van der Waals surface area contributed by atoms with E-state index in [4.69, 9.17) is 5.11 Å². The topological polar surface area (TPSA) is 76.0 Å². The first-order valence-corrected chi connectivity index (χ1v) is 5.18. The van der Waals surface area contributed by atoms with Crippen molar-refractivity contribution in [1.29, 1.82) is 0 Å². The van der Waals surface area contributed by atoms with Crippen LogP contribution in [-0.2, 0) is 14.4 Å². The van der Waals surface area contributed by atoms with Gasteiger partial charge in [-0.3, -0.25) is 4.79 Å². The summed E-state index contributed by atoms with van der Waals surface area (Å²) in [6, 6.07) is 0. The molecule has 0 bridgehead atoms. The van der Waals surface area contributed by atoms with Crippen LogP contribution in [0.3, 0.4) is 0 Å². The third-order valence-electron chi connectivity index (χ3n) is 3.07. The van der Waals surface area contributed by atoms with Gasteiger partial charge in [-0.1, -0.05) is 18.0 Å². The van der Waals surface area contributed by atoms with Crippen LogP contribution in [0.2, 0.25) is 0 Å². The number of carboxylic acids is 1. The first-order chi connectivity index (χ1) is 7.18. The monoisotopic (exact) mass is 211 g/mol. The zero-order valence-electron chi connectivity index (χ0n) is 8.31. The van der Waals surface area contributed by atoms with E-state index in [9.17, 15) is 9.59 Å². The third kappa shape index (κ3) is 2.00. The van der Waals surface area contributed by atoms with Crippen molar-refractivity contribution in [2.24, 2.45) is 17.0 Å². The molecule has 82 valence electrons. The summed E-state index contributed by atoms with van der Waals surface area (Å²) in [6.07, 6.45) is 3.97. The molecule has 2 aliphatic rings. The molecule has 15 heavy (non-hydrogen) atoms. The van der Waals surface area contributed by atoms with Crippen LogP contribution in [0.4, 0.5) is 0 Å². The van der Waals surface area contributed by atoms with E-state index in [-0.39, 0.29) is 18.3 Å². The Kier molecular flexibility index (Phi) is 2.70. The first kappa shape index (κ1) is 10.1. The summed E-state index contributed by atoms with van der Waals surface area (Å²) in [6.45, 7) is 0. The molecule has 0 saturated heterocycles. The molecule has 0 amide bonds. The quantitative estimate of drug-likeness (QED) is 0.711. The van der Waals surface area contributed by atoms with E-state index >= 15 is 0 Å². The van der Waals surface area contributed by atoms with Crippen molar-refractivity contribution in [3.8, 4) is 0 Å². The maximum absolute atomic E-state index is 11.4. The van der Waals surface area contributed by atoms with E-state index < -0.39 is 11.9 Å². The molecule has 2 rings (SSSR count). The standard InChI is InChI=1S/C10H13NO4/c12-8(13)5-7-9(10(14)15-11-7)6-3-1-2-4-6/h6,9H,1-5H2,(H,12,13). The van der Waals surface area contributed by atoms with Gasteiger partial charge in [0.2, 0.25) is 0 Å². The summed E-state index contributed by atoms with van der Waals surface area (Å²) in [5.41, 5.74) is 0.388. The Balaban J connectivity index is 2.09. The number of aliphatic carboxylic acids is 1. The summed E-state index contributed by atoms with van der Waals surface area (Å²) >= 11 is 0. The fourth-order valence-corrected chi connectivity index (χ4v) is 2.41. The summed E-state index contributed by atoms with van der Waals surface area (Å²) < 4.78 is 0. The molecule has 1 unspecified atom stereocenters. The van der Waals surface area contributed by atoms with Gasteiger partial charge in [-0.05, 0) is 18.8 Å². The Morgan fingerprint density at radius 3 is 2.73 bits per heavy atom. The van der Waals surface area contributed by atoms with Gasteiger partial charge in [0, 0.05) is 0 Å². The second-order valence-electron chi connectivity index (χ2n) is 4.09. The lowest BCUT2D eigenvalue weighted by Crippen LogP contribution is -2.27. The van der Waals surface area contributed by atoms with Gasteiger partial charge in [-0.25, -0.2) is 4.79 Å². The molecule has 0 radical (unpaired) electrons. The Bertz CT molecular complexity index is 317. The van der Waals surface area contributed by atoms with Gasteiger partial charge in [-0.15, -0.1) is 0 Å². The van der Waals surface area contributed by atoms with Gasteiger partial charge in [0.1, 0.15) is 5.92 Å². The van der Waals surface area contributed by atoms with E-state index in [1.165, 1.54) is 0 Å². The molecule has 5 heteroatoms. The molecule has 1 aliphatic carbocycles. The Hall–Kier alpha value is -1.39. The van der Waals surface area contributed by atoms with Crippen LogP contribution >= 0.6 is 0 Å². The van der Waals surface area contributed by atoms with Crippen LogP contribution in [0, 0.1) is 11.8 Å². The summed E-state index contributed by atoms with van der Waals surface area (Å²) in [4.78, 5) is 26.6. The Morgan fingerprint density at radius 1 is 1.47 bits per heavy atom. The minimum absolute atomic E-state index is 0.188. The van der Waals surface area contributed by atoms with E-state index in [1.807, 2.05) is 0 Å². The summed E-state index contributed by atoms with van der Waals surface area (Å²) in [7, 11) is 0. The summed E-state index contributed by atoms with van der Waals surface area (Å²) in [5, 5.41) is 12.2. The van der Waals surface area contributed by atoms with Crippen molar-refractivity contribution in [3.05, 3.63) is 0 Å². The molecule has 1 saturated carbocycles. The third-order valence-corrected chi connectivity index (χ3v) is 3.07. The molecule has 0 aromatic rings. The van der Waals surface area contributed by atoms with Gasteiger partial charge >= 0.3 is 11.9 Å². The molecule has 0 aromatic carbocycles. The molecule has 1 heterocycles. The number of hydrogen-bond donors (Lipinski definition) is 1. The van der Waals surface area contributed by atoms with E-state index in [0.717, 1.165) is 25.7 Å². The maximum atomic E-state index is 11.4. The number of carbonyl (C=O) groups is 2.